The van der Waals surface area contributed by atoms with Crippen molar-refractivity contribution in [3.05, 3.63) is 35.3 Å². The predicted molar refractivity (Wildman–Crippen MR) is 87.1 cm³/mol. The van der Waals surface area contributed by atoms with Crippen LogP contribution in [0, 0.1) is 6.92 Å². The summed E-state index contributed by atoms with van der Waals surface area (Å²) in [6.07, 6.45) is 4.75. The Hall–Kier alpha value is -1.66. The van der Waals surface area contributed by atoms with Gasteiger partial charge in [0.05, 0.1) is 18.9 Å². The molecule has 1 saturated heterocycles. The highest BCUT2D eigenvalue weighted by atomic mass is 16.5. The Balaban J connectivity index is 1.65. The van der Waals surface area contributed by atoms with Gasteiger partial charge in [-0.2, -0.15) is 5.10 Å². The largest absolute Gasteiger partial charge is 0.444 e. The number of rotatable bonds is 4. The number of oxazole rings is 1. The molecule has 6 nitrogen and oxygen atoms in total. The third kappa shape index (κ3) is 3.33. The molecule has 0 amide bonds. The van der Waals surface area contributed by atoms with E-state index in [9.17, 15) is 0 Å². The van der Waals surface area contributed by atoms with Gasteiger partial charge in [-0.05, 0) is 13.3 Å². The Bertz CT molecular complexity index is 668. The van der Waals surface area contributed by atoms with Crippen LogP contribution in [0.2, 0.25) is 0 Å². The van der Waals surface area contributed by atoms with E-state index in [1.165, 1.54) is 0 Å². The second-order valence-corrected chi connectivity index (χ2v) is 7.24. The third-order valence-corrected chi connectivity index (χ3v) is 4.48. The van der Waals surface area contributed by atoms with Crippen molar-refractivity contribution in [2.75, 3.05) is 6.61 Å². The zero-order chi connectivity index (χ0) is 16.6. The van der Waals surface area contributed by atoms with Gasteiger partial charge in [-0.1, -0.05) is 20.8 Å². The van der Waals surface area contributed by atoms with Gasteiger partial charge in [-0.3, -0.25) is 4.68 Å². The number of nitrogens with one attached hydrogen (secondary N) is 1. The van der Waals surface area contributed by atoms with Crippen LogP contribution in [0.5, 0.6) is 0 Å². The van der Waals surface area contributed by atoms with E-state index in [1.807, 2.05) is 24.1 Å². The van der Waals surface area contributed by atoms with E-state index >= 15 is 0 Å². The van der Waals surface area contributed by atoms with Crippen LogP contribution in [-0.4, -0.2) is 27.4 Å². The molecule has 126 valence electrons. The van der Waals surface area contributed by atoms with Crippen LogP contribution in [-0.2, 0) is 23.7 Å². The maximum atomic E-state index is 5.93. The summed E-state index contributed by atoms with van der Waals surface area (Å²) in [6.45, 7) is 9.81. The van der Waals surface area contributed by atoms with E-state index < -0.39 is 0 Å². The first kappa shape index (κ1) is 16.2. The van der Waals surface area contributed by atoms with Gasteiger partial charge in [0.2, 0.25) is 5.89 Å². The van der Waals surface area contributed by atoms with Crippen LogP contribution in [0.15, 0.2) is 16.8 Å². The van der Waals surface area contributed by atoms with Gasteiger partial charge >= 0.3 is 0 Å². The molecular weight excluding hydrogens is 292 g/mol. The standard InChI is InChI=1S/C17H26N4O2/c1-11-12(8-20-21(11)5)16-13(6-7-22-16)18-10-15-19-9-14(23-15)17(2,3)4/h8-9,13,16,18H,6-7,10H2,1-5H3/t13-,16+/m0/s1. The Labute approximate surface area is 137 Å². The van der Waals surface area contributed by atoms with E-state index in [0.29, 0.717) is 6.54 Å². The quantitative estimate of drug-likeness (QED) is 0.939. The molecule has 1 fully saturated rings. The van der Waals surface area contributed by atoms with Crippen molar-refractivity contribution >= 4 is 0 Å². The highest BCUT2D eigenvalue weighted by Gasteiger charge is 2.32. The lowest BCUT2D eigenvalue weighted by Crippen LogP contribution is -2.31. The fourth-order valence-electron chi connectivity index (χ4n) is 2.86. The third-order valence-electron chi connectivity index (χ3n) is 4.48. The smallest absolute Gasteiger partial charge is 0.208 e. The molecular formula is C17H26N4O2. The van der Waals surface area contributed by atoms with Crippen molar-refractivity contribution in [3.63, 3.8) is 0 Å². The van der Waals surface area contributed by atoms with Crippen LogP contribution in [0.4, 0.5) is 0 Å². The lowest BCUT2D eigenvalue weighted by Gasteiger charge is -2.19. The predicted octanol–water partition coefficient (Wildman–Crippen LogP) is 2.63. The Morgan fingerprint density at radius 2 is 2.13 bits per heavy atom. The molecule has 3 heterocycles. The molecule has 1 aliphatic rings. The first-order valence-electron chi connectivity index (χ1n) is 8.15. The minimum atomic E-state index is -0.0168. The summed E-state index contributed by atoms with van der Waals surface area (Å²) in [5.74, 6) is 1.64. The van der Waals surface area contributed by atoms with Crippen LogP contribution < -0.4 is 5.32 Å². The molecule has 0 radical (unpaired) electrons. The summed E-state index contributed by atoms with van der Waals surface area (Å²) in [4.78, 5) is 4.38. The van der Waals surface area contributed by atoms with Crippen LogP contribution >= 0.6 is 0 Å². The number of hydrogen-bond donors (Lipinski definition) is 1. The zero-order valence-electron chi connectivity index (χ0n) is 14.6. The van der Waals surface area contributed by atoms with Crippen molar-refractivity contribution in [1.82, 2.24) is 20.1 Å². The van der Waals surface area contributed by atoms with Crippen molar-refractivity contribution in [2.24, 2.45) is 7.05 Å². The van der Waals surface area contributed by atoms with Crippen molar-refractivity contribution in [1.29, 1.82) is 0 Å². The van der Waals surface area contributed by atoms with E-state index in [0.717, 1.165) is 35.9 Å². The van der Waals surface area contributed by atoms with Crippen LogP contribution in [0.25, 0.3) is 0 Å². The summed E-state index contributed by atoms with van der Waals surface area (Å²) >= 11 is 0. The van der Waals surface area contributed by atoms with Crippen molar-refractivity contribution < 1.29 is 9.15 Å². The lowest BCUT2D eigenvalue weighted by molar-refractivity contribution is 0.0974. The molecule has 0 aromatic carbocycles. The second kappa shape index (κ2) is 6.09. The van der Waals surface area contributed by atoms with Gasteiger partial charge in [0, 0.05) is 36.4 Å². The monoisotopic (exact) mass is 318 g/mol. The van der Waals surface area contributed by atoms with Gasteiger partial charge < -0.3 is 14.5 Å². The molecule has 0 aliphatic carbocycles. The van der Waals surface area contributed by atoms with Gasteiger partial charge in [0.25, 0.3) is 0 Å². The minimum absolute atomic E-state index is 0.0168. The van der Waals surface area contributed by atoms with Crippen molar-refractivity contribution in [2.45, 2.75) is 58.2 Å². The first-order valence-corrected chi connectivity index (χ1v) is 8.15. The summed E-state index contributed by atoms with van der Waals surface area (Å²) in [7, 11) is 1.96. The molecule has 0 spiro atoms. The molecule has 3 rings (SSSR count). The van der Waals surface area contributed by atoms with Gasteiger partial charge in [-0.15, -0.1) is 0 Å². The molecule has 0 unspecified atom stereocenters. The highest BCUT2D eigenvalue weighted by Crippen LogP contribution is 2.31. The molecule has 0 bridgehead atoms. The first-order chi connectivity index (χ1) is 10.9. The molecule has 1 N–H and O–H groups in total. The van der Waals surface area contributed by atoms with E-state index in [4.69, 9.17) is 9.15 Å². The summed E-state index contributed by atoms with van der Waals surface area (Å²) in [5, 5.41) is 7.85. The molecule has 2 aromatic rings. The fraction of sp³-hybridized carbons (Fsp3) is 0.647. The molecule has 0 saturated carbocycles. The average molecular weight is 318 g/mol. The van der Waals surface area contributed by atoms with Gasteiger partial charge in [-0.25, -0.2) is 4.98 Å². The second-order valence-electron chi connectivity index (χ2n) is 7.24. The maximum absolute atomic E-state index is 5.93. The van der Waals surface area contributed by atoms with Crippen LogP contribution in [0.1, 0.15) is 56.2 Å². The fourth-order valence-corrected chi connectivity index (χ4v) is 2.86. The Morgan fingerprint density at radius 3 is 2.74 bits per heavy atom. The summed E-state index contributed by atoms with van der Waals surface area (Å²) < 4.78 is 13.7. The molecule has 6 heteroatoms. The summed E-state index contributed by atoms with van der Waals surface area (Å²) in [6, 6.07) is 0.253. The van der Waals surface area contributed by atoms with E-state index in [1.54, 1.807) is 0 Å². The number of aromatic nitrogens is 3. The number of ether oxygens (including phenoxy) is 1. The minimum Gasteiger partial charge on any atom is -0.444 e. The van der Waals surface area contributed by atoms with Gasteiger partial charge in [0.15, 0.2) is 0 Å². The molecule has 1 aliphatic heterocycles. The average Bonchev–Trinajstić information content (AvgIpc) is 3.18. The Morgan fingerprint density at radius 1 is 1.35 bits per heavy atom. The number of aryl methyl sites for hydroxylation is 1. The number of nitrogens with zero attached hydrogens (tertiary/aromatic N) is 3. The highest BCUT2D eigenvalue weighted by molar-refractivity contribution is 5.22. The number of hydrogen-bond acceptors (Lipinski definition) is 5. The molecule has 2 aromatic heterocycles. The maximum Gasteiger partial charge on any atom is 0.208 e. The Kier molecular flexibility index (Phi) is 4.29. The van der Waals surface area contributed by atoms with Gasteiger partial charge in [0.1, 0.15) is 11.9 Å². The topological polar surface area (TPSA) is 65.1 Å². The lowest BCUT2D eigenvalue weighted by atomic mass is 9.94. The molecule has 23 heavy (non-hydrogen) atoms. The zero-order valence-corrected chi connectivity index (χ0v) is 14.6. The SMILES string of the molecule is Cc1c([C@H]2OCC[C@@H]2NCc2ncc(C(C)(C)C)o2)cnn1C. The molecule has 2 atom stereocenters. The summed E-state index contributed by atoms with van der Waals surface area (Å²) in [5.41, 5.74) is 2.29. The van der Waals surface area contributed by atoms with Crippen LogP contribution in [0.3, 0.4) is 0 Å². The van der Waals surface area contributed by atoms with E-state index in [2.05, 4.69) is 43.1 Å². The van der Waals surface area contributed by atoms with E-state index in [-0.39, 0.29) is 17.6 Å². The normalized spacial score (nSPS) is 22.0. The van der Waals surface area contributed by atoms with Crippen molar-refractivity contribution in [3.8, 4) is 0 Å².